The highest BCUT2D eigenvalue weighted by Gasteiger charge is 2.47. The number of hydrogen-bond donors (Lipinski definition) is 1. The van der Waals surface area contributed by atoms with Gasteiger partial charge >= 0.3 is 0 Å². The fourth-order valence-electron chi connectivity index (χ4n) is 2.54. The number of hydrogen-bond acceptors (Lipinski definition) is 3. The van der Waals surface area contributed by atoms with Crippen molar-refractivity contribution in [2.24, 2.45) is 5.41 Å². The quantitative estimate of drug-likeness (QED) is 0.843. The molecule has 0 aromatic heterocycles. The molecule has 0 bridgehead atoms. The zero-order valence-corrected chi connectivity index (χ0v) is 13.8. The van der Waals surface area contributed by atoms with Crippen LogP contribution in [-0.4, -0.2) is 25.6 Å². The van der Waals surface area contributed by atoms with Crippen LogP contribution in [0, 0.1) is 5.41 Å². The number of anilines is 1. The zero-order chi connectivity index (χ0) is 15.0. The molecule has 2 rings (SSSR count). The Labute approximate surface area is 126 Å². The van der Waals surface area contributed by atoms with Crippen LogP contribution >= 0.6 is 11.6 Å². The van der Waals surface area contributed by atoms with Crippen molar-refractivity contribution < 1.29 is 8.42 Å². The zero-order valence-electron chi connectivity index (χ0n) is 12.2. The molecule has 0 radical (unpaired) electrons. The lowest BCUT2D eigenvalue weighted by Gasteiger charge is -2.49. The van der Waals surface area contributed by atoms with Gasteiger partial charge in [0, 0.05) is 16.8 Å². The molecule has 0 spiro atoms. The van der Waals surface area contributed by atoms with Crippen molar-refractivity contribution in [2.45, 2.75) is 49.9 Å². The van der Waals surface area contributed by atoms with E-state index >= 15 is 0 Å². The number of nitrogens with one attached hydrogen (secondary N) is 1. The van der Waals surface area contributed by atoms with Gasteiger partial charge in [0.1, 0.15) is 0 Å². The van der Waals surface area contributed by atoms with Crippen LogP contribution in [0.15, 0.2) is 29.2 Å². The van der Waals surface area contributed by atoms with Gasteiger partial charge in [0.05, 0.1) is 16.3 Å². The van der Waals surface area contributed by atoms with Gasteiger partial charge in [-0.1, -0.05) is 32.9 Å². The minimum Gasteiger partial charge on any atom is -0.381 e. The molecule has 1 N–H and O–H groups in total. The molecule has 1 fully saturated rings. The molecule has 2 unspecified atom stereocenters. The summed E-state index contributed by atoms with van der Waals surface area (Å²) in [5.41, 5.74) is 0.672. The number of benzene rings is 1. The van der Waals surface area contributed by atoms with Crippen LogP contribution in [0.1, 0.15) is 33.6 Å². The minimum atomic E-state index is -3.22. The van der Waals surface area contributed by atoms with Crippen molar-refractivity contribution >= 4 is 27.1 Å². The van der Waals surface area contributed by atoms with Crippen molar-refractivity contribution in [3.63, 3.8) is 0 Å². The third-order valence-electron chi connectivity index (χ3n) is 4.17. The molecule has 1 aliphatic carbocycles. The van der Waals surface area contributed by atoms with E-state index in [4.69, 9.17) is 11.6 Å². The fourth-order valence-corrected chi connectivity index (χ4v) is 4.38. The molecule has 1 aliphatic rings. The van der Waals surface area contributed by atoms with E-state index in [2.05, 4.69) is 19.2 Å². The fraction of sp³-hybridized carbons (Fsp3) is 0.600. The van der Waals surface area contributed by atoms with E-state index < -0.39 is 9.84 Å². The standard InChI is InChI=1S/C15H22ClNO2S/c1-4-9-20(18,19)12-8-6-5-7-11(12)17-14-10-13(16)15(14,2)3/h5-8,13-14,17H,4,9-10H2,1-3H3. The van der Waals surface area contributed by atoms with Crippen LogP contribution in [0.3, 0.4) is 0 Å². The predicted molar refractivity (Wildman–Crippen MR) is 84.2 cm³/mol. The molecule has 0 saturated heterocycles. The molecule has 0 aliphatic heterocycles. The smallest absolute Gasteiger partial charge is 0.180 e. The Hall–Kier alpha value is -0.740. The third-order valence-corrected chi connectivity index (χ3v) is 6.89. The normalized spacial score (nSPS) is 25.0. The molecule has 0 amide bonds. The Kier molecular flexibility index (Phi) is 4.35. The van der Waals surface area contributed by atoms with Crippen molar-refractivity contribution in [3.05, 3.63) is 24.3 Å². The Bertz CT molecular complexity index is 583. The van der Waals surface area contributed by atoms with Gasteiger partial charge in [-0.25, -0.2) is 8.42 Å². The van der Waals surface area contributed by atoms with E-state index in [0.717, 1.165) is 6.42 Å². The summed E-state index contributed by atoms with van der Waals surface area (Å²) in [7, 11) is -3.22. The van der Waals surface area contributed by atoms with Gasteiger partial charge < -0.3 is 5.32 Å². The van der Waals surface area contributed by atoms with Gasteiger partial charge in [0.2, 0.25) is 0 Å². The molecule has 112 valence electrons. The maximum atomic E-state index is 12.3. The average Bonchev–Trinajstić information content (AvgIpc) is 2.39. The van der Waals surface area contributed by atoms with Crippen LogP contribution in [0.4, 0.5) is 5.69 Å². The second-order valence-electron chi connectivity index (χ2n) is 6.04. The second-order valence-corrected chi connectivity index (χ2v) is 8.64. The van der Waals surface area contributed by atoms with Gasteiger partial charge in [0.15, 0.2) is 9.84 Å². The predicted octanol–water partition coefficient (Wildman–Crippen LogP) is 3.69. The van der Waals surface area contributed by atoms with Crippen molar-refractivity contribution in [3.8, 4) is 0 Å². The maximum Gasteiger partial charge on any atom is 0.180 e. The van der Waals surface area contributed by atoms with Crippen LogP contribution < -0.4 is 5.32 Å². The molecule has 5 heteroatoms. The molecule has 3 nitrogen and oxygen atoms in total. The van der Waals surface area contributed by atoms with E-state index in [1.807, 2.05) is 19.1 Å². The summed E-state index contributed by atoms with van der Waals surface area (Å²) in [6.07, 6.45) is 1.48. The summed E-state index contributed by atoms with van der Waals surface area (Å²) in [5.74, 6) is 0.178. The molecule has 2 atom stereocenters. The molecule has 1 saturated carbocycles. The molecule has 20 heavy (non-hydrogen) atoms. The largest absolute Gasteiger partial charge is 0.381 e. The van der Waals surface area contributed by atoms with E-state index in [1.54, 1.807) is 12.1 Å². The number of halogens is 1. The molecule has 1 aromatic carbocycles. The van der Waals surface area contributed by atoms with E-state index in [0.29, 0.717) is 17.0 Å². The van der Waals surface area contributed by atoms with E-state index in [9.17, 15) is 8.42 Å². The Balaban J connectivity index is 2.26. The summed E-state index contributed by atoms with van der Waals surface area (Å²) >= 11 is 6.22. The summed E-state index contributed by atoms with van der Waals surface area (Å²) in [5, 5.41) is 3.51. The second kappa shape index (κ2) is 5.57. The van der Waals surface area contributed by atoms with Crippen LogP contribution in [0.2, 0.25) is 0 Å². The first-order valence-electron chi connectivity index (χ1n) is 7.01. The van der Waals surface area contributed by atoms with Crippen LogP contribution in [0.5, 0.6) is 0 Å². The highest BCUT2D eigenvalue weighted by atomic mass is 35.5. The lowest BCUT2D eigenvalue weighted by molar-refractivity contribution is 0.168. The Morgan fingerprint density at radius 2 is 2.00 bits per heavy atom. The number of alkyl halides is 1. The highest BCUT2D eigenvalue weighted by molar-refractivity contribution is 7.91. The van der Waals surface area contributed by atoms with Gasteiger partial charge in [0.25, 0.3) is 0 Å². The van der Waals surface area contributed by atoms with Gasteiger partial charge in [-0.05, 0) is 25.0 Å². The molecule has 1 aromatic rings. The summed E-state index contributed by atoms with van der Waals surface area (Å²) in [6, 6.07) is 7.35. The van der Waals surface area contributed by atoms with Gasteiger partial charge in [-0.2, -0.15) is 0 Å². The van der Waals surface area contributed by atoms with E-state index in [-0.39, 0.29) is 22.6 Å². The van der Waals surface area contributed by atoms with Gasteiger partial charge in [-0.3, -0.25) is 0 Å². The van der Waals surface area contributed by atoms with Crippen LogP contribution in [0.25, 0.3) is 0 Å². The topological polar surface area (TPSA) is 46.2 Å². The van der Waals surface area contributed by atoms with Crippen molar-refractivity contribution in [1.82, 2.24) is 0 Å². The number of sulfone groups is 1. The third kappa shape index (κ3) is 2.82. The number of para-hydroxylation sites is 1. The summed E-state index contributed by atoms with van der Waals surface area (Å²) < 4.78 is 24.6. The Morgan fingerprint density at radius 3 is 2.55 bits per heavy atom. The molecular weight excluding hydrogens is 294 g/mol. The maximum absolute atomic E-state index is 12.3. The first kappa shape index (κ1) is 15.6. The monoisotopic (exact) mass is 315 g/mol. The molecular formula is C15H22ClNO2S. The van der Waals surface area contributed by atoms with E-state index in [1.165, 1.54) is 0 Å². The van der Waals surface area contributed by atoms with Crippen LogP contribution in [-0.2, 0) is 9.84 Å². The lowest BCUT2D eigenvalue weighted by atomic mass is 9.66. The SMILES string of the molecule is CCCS(=O)(=O)c1ccccc1NC1CC(Cl)C1(C)C. The first-order valence-corrected chi connectivity index (χ1v) is 9.10. The number of rotatable bonds is 5. The highest BCUT2D eigenvalue weighted by Crippen LogP contribution is 2.46. The average molecular weight is 316 g/mol. The van der Waals surface area contributed by atoms with Crippen molar-refractivity contribution in [2.75, 3.05) is 11.1 Å². The first-order chi connectivity index (χ1) is 9.29. The summed E-state index contributed by atoms with van der Waals surface area (Å²) in [6.45, 7) is 6.09. The Morgan fingerprint density at radius 1 is 1.35 bits per heavy atom. The minimum absolute atomic E-state index is 0.0246. The lowest BCUT2D eigenvalue weighted by Crippen LogP contribution is -2.54. The van der Waals surface area contributed by atoms with Gasteiger partial charge in [-0.15, -0.1) is 11.6 Å². The van der Waals surface area contributed by atoms with Crippen molar-refractivity contribution in [1.29, 1.82) is 0 Å². The summed E-state index contributed by atoms with van der Waals surface area (Å²) in [4.78, 5) is 0.399. The molecule has 0 heterocycles.